The Labute approximate surface area is 256 Å². The molecule has 0 spiro atoms. The molecule has 0 saturated carbocycles. The fourth-order valence-electron chi connectivity index (χ4n) is 3.20. The average Bonchev–Trinajstić information content (AvgIpc) is 3.08. The van der Waals surface area contributed by atoms with Crippen LogP contribution in [0.1, 0.15) is 95.9 Å². The van der Waals surface area contributed by atoms with Crippen molar-refractivity contribution in [1.82, 2.24) is 0 Å². The molecule has 0 saturated heterocycles. The van der Waals surface area contributed by atoms with Crippen molar-refractivity contribution in [3.63, 3.8) is 0 Å². The number of benzene rings is 4. The van der Waals surface area contributed by atoms with Gasteiger partial charge in [-0.15, -0.1) is 0 Å². The van der Waals surface area contributed by atoms with E-state index in [2.05, 4.69) is 159 Å². The first kappa shape index (κ1) is 42.0. The van der Waals surface area contributed by atoms with Crippen molar-refractivity contribution in [1.29, 1.82) is 0 Å². The van der Waals surface area contributed by atoms with Crippen LogP contribution in [0, 0.1) is 0 Å². The maximum absolute atomic E-state index is 2.33. The fourth-order valence-corrected chi connectivity index (χ4v) is 3.20. The lowest BCUT2D eigenvalue weighted by atomic mass is 10.2. The third-order valence-electron chi connectivity index (χ3n) is 4.55. The molecule has 2 heteroatoms. The molecule has 4 aromatic carbocycles. The maximum Gasteiger partial charge on any atom is 0.0999 e. The van der Waals surface area contributed by atoms with Gasteiger partial charge in [-0.3, -0.25) is 0 Å². The molecule has 0 heterocycles. The highest BCUT2D eigenvalue weighted by molar-refractivity contribution is 5.69. The minimum atomic E-state index is 0.710. The van der Waals surface area contributed by atoms with Gasteiger partial charge in [0.15, 0.2) is 0 Å². The molecule has 4 aromatic rings. The van der Waals surface area contributed by atoms with Gasteiger partial charge in [-0.1, -0.05) is 169 Å². The number of nitrogens with zero attached hydrogens (tertiary/aromatic N) is 2. The Kier molecular flexibility index (Phi) is 33.5. The second kappa shape index (κ2) is 32.7. The molecule has 4 rings (SSSR count). The third-order valence-corrected chi connectivity index (χ3v) is 4.55. The highest BCUT2D eigenvalue weighted by Gasteiger charge is 2.16. The van der Waals surface area contributed by atoms with Crippen molar-refractivity contribution in [3.8, 4) is 0 Å². The summed E-state index contributed by atoms with van der Waals surface area (Å²) in [6.45, 7) is 25.2. The number of anilines is 4. The Morgan fingerprint density at radius 1 is 0.317 bits per heavy atom. The van der Waals surface area contributed by atoms with Gasteiger partial charge in [-0.25, -0.2) is 0 Å². The second-order valence-electron chi connectivity index (χ2n) is 7.75. The maximum atomic E-state index is 2.33. The molecule has 2 nitrogen and oxygen atoms in total. The fraction of sp³-hybridized carbons (Fsp3) is 0.385. The highest BCUT2D eigenvalue weighted by Crippen LogP contribution is 2.31. The zero-order valence-electron chi connectivity index (χ0n) is 28.6. The molecular weight excluding hydrogens is 496 g/mol. The minimum Gasteiger partial charge on any atom is -0.323 e. The lowest BCUT2D eigenvalue weighted by Gasteiger charge is -2.33. The molecule has 228 valence electrons. The third kappa shape index (κ3) is 18.5. The first-order valence-corrected chi connectivity index (χ1v) is 16.0. The molecule has 0 fully saturated rings. The zero-order valence-corrected chi connectivity index (χ0v) is 28.6. The first-order chi connectivity index (χ1) is 20.2. The van der Waals surface area contributed by atoms with Gasteiger partial charge in [0.05, 0.1) is 6.67 Å². The van der Waals surface area contributed by atoms with Gasteiger partial charge < -0.3 is 9.80 Å². The van der Waals surface area contributed by atoms with E-state index in [4.69, 9.17) is 0 Å². The van der Waals surface area contributed by atoms with Gasteiger partial charge in [0, 0.05) is 22.7 Å². The normalized spacial score (nSPS) is 8.29. The van der Waals surface area contributed by atoms with Crippen LogP contribution in [0.2, 0.25) is 0 Å². The Bertz CT molecular complexity index is 809. The molecule has 0 aliphatic carbocycles. The van der Waals surface area contributed by atoms with Gasteiger partial charge in [-0.2, -0.15) is 0 Å². The Balaban J connectivity index is -0.000000893. The van der Waals surface area contributed by atoms with Gasteiger partial charge in [0.2, 0.25) is 0 Å². The van der Waals surface area contributed by atoms with Crippen LogP contribution in [-0.2, 0) is 0 Å². The average molecular weight is 559 g/mol. The van der Waals surface area contributed by atoms with E-state index in [0.29, 0.717) is 6.67 Å². The molecule has 0 aliphatic heterocycles. The summed E-state index contributed by atoms with van der Waals surface area (Å²) in [6.07, 6.45) is 2.50. The van der Waals surface area contributed by atoms with Gasteiger partial charge in [-0.05, 0) is 48.5 Å². The predicted molar refractivity (Wildman–Crippen MR) is 192 cm³/mol. The van der Waals surface area contributed by atoms with Crippen molar-refractivity contribution in [3.05, 3.63) is 121 Å². The quantitative estimate of drug-likeness (QED) is 0.217. The highest BCUT2D eigenvalue weighted by atomic mass is 15.3. The molecule has 0 amide bonds. The topological polar surface area (TPSA) is 6.48 Å². The summed E-state index contributed by atoms with van der Waals surface area (Å²) in [5.41, 5.74) is 4.67. The van der Waals surface area contributed by atoms with E-state index in [1.54, 1.807) is 0 Å². The second-order valence-corrected chi connectivity index (χ2v) is 7.75. The summed E-state index contributed by atoms with van der Waals surface area (Å²) < 4.78 is 0. The summed E-state index contributed by atoms with van der Waals surface area (Å²) in [6, 6.07) is 42.1. The zero-order chi connectivity index (χ0) is 31.7. The minimum absolute atomic E-state index is 0.710. The van der Waals surface area contributed by atoms with E-state index in [1.807, 2.05) is 55.4 Å². The summed E-state index contributed by atoms with van der Waals surface area (Å²) in [5.74, 6) is 0. The number of hydrogen-bond donors (Lipinski definition) is 0. The molecule has 0 atom stereocenters. The van der Waals surface area contributed by atoms with Gasteiger partial charge in [0.1, 0.15) is 0 Å². The predicted octanol–water partition coefficient (Wildman–Crippen LogP) is 13.6. The van der Waals surface area contributed by atoms with Crippen LogP contribution in [0.5, 0.6) is 0 Å². The number of hydrogen-bond acceptors (Lipinski definition) is 2. The van der Waals surface area contributed by atoms with E-state index < -0.39 is 0 Å². The van der Waals surface area contributed by atoms with E-state index in [0.717, 1.165) is 0 Å². The van der Waals surface area contributed by atoms with E-state index >= 15 is 0 Å². The van der Waals surface area contributed by atoms with E-state index in [1.165, 1.54) is 35.6 Å². The smallest absolute Gasteiger partial charge is 0.0999 e. The first-order valence-electron chi connectivity index (χ1n) is 16.0. The molecule has 41 heavy (non-hydrogen) atoms. The van der Waals surface area contributed by atoms with E-state index in [9.17, 15) is 0 Å². The summed E-state index contributed by atoms with van der Waals surface area (Å²) in [7, 11) is 0. The summed E-state index contributed by atoms with van der Waals surface area (Å²) in [5, 5.41) is 0. The molecule has 0 radical (unpaired) electrons. The van der Waals surface area contributed by atoms with Crippen molar-refractivity contribution in [2.75, 3.05) is 16.5 Å². The van der Waals surface area contributed by atoms with Gasteiger partial charge in [0.25, 0.3) is 0 Å². The van der Waals surface area contributed by atoms with Crippen LogP contribution in [0.15, 0.2) is 121 Å². The van der Waals surface area contributed by atoms with Crippen LogP contribution >= 0.6 is 0 Å². The van der Waals surface area contributed by atoms with Crippen LogP contribution in [0.4, 0.5) is 22.7 Å². The number of para-hydroxylation sites is 4. The molecule has 0 aliphatic rings. The van der Waals surface area contributed by atoms with Crippen LogP contribution in [-0.4, -0.2) is 6.67 Å². The molecule has 0 aromatic heterocycles. The van der Waals surface area contributed by atoms with Crippen LogP contribution in [0.3, 0.4) is 0 Å². The summed E-state index contributed by atoms with van der Waals surface area (Å²) >= 11 is 0. The summed E-state index contributed by atoms with van der Waals surface area (Å²) in [4.78, 5) is 4.67. The molecule has 0 N–H and O–H groups in total. The molecule has 0 bridgehead atoms. The Morgan fingerprint density at radius 2 is 0.463 bits per heavy atom. The van der Waals surface area contributed by atoms with Crippen molar-refractivity contribution in [2.45, 2.75) is 95.9 Å². The van der Waals surface area contributed by atoms with Crippen LogP contribution in [0.25, 0.3) is 0 Å². The monoisotopic (exact) mass is 558 g/mol. The Morgan fingerprint density at radius 3 is 0.610 bits per heavy atom. The van der Waals surface area contributed by atoms with Crippen LogP contribution < -0.4 is 9.80 Å². The lowest BCUT2D eigenvalue weighted by Crippen LogP contribution is -2.32. The van der Waals surface area contributed by atoms with E-state index in [-0.39, 0.29) is 0 Å². The molecular formula is C39H62N2. The Hall–Kier alpha value is -3.52. The largest absolute Gasteiger partial charge is 0.323 e. The van der Waals surface area contributed by atoms with Crippen molar-refractivity contribution in [2.24, 2.45) is 0 Å². The standard InChI is InChI=1S/C25H22N2.2C3H8.4C2H6/c1-5-13-22(14-6-1)26(23-15-7-2-8-16-23)21-27(24-17-9-3-10-18-24)25-19-11-4-12-20-25;2*1-3-2;4*1-2/h1-20H,21H2;2*3H2,1-2H3;4*1-2H3. The van der Waals surface area contributed by atoms with Crippen molar-refractivity contribution >= 4 is 22.7 Å². The lowest BCUT2D eigenvalue weighted by molar-refractivity contribution is 0.926. The molecule has 0 unspecified atom stereocenters. The number of rotatable bonds is 6. The van der Waals surface area contributed by atoms with Gasteiger partial charge >= 0.3 is 0 Å². The van der Waals surface area contributed by atoms with Crippen molar-refractivity contribution < 1.29 is 0 Å². The SMILES string of the molecule is CC.CC.CC.CC.CCC.CCC.c1ccc(N(CN(c2ccccc2)c2ccccc2)c2ccccc2)cc1.